The summed E-state index contributed by atoms with van der Waals surface area (Å²) >= 11 is 12.2. The van der Waals surface area contributed by atoms with E-state index < -0.39 is 11.9 Å². The maximum Gasteiger partial charge on any atom is 0.338 e. The maximum atomic E-state index is 12.2. The topological polar surface area (TPSA) is 76.7 Å². The zero-order valence-corrected chi connectivity index (χ0v) is 20.4. The highest BCUT2D eigenvalue weighted by atomic mass is 79.9. The summed E-state index contributed by atoms with van der Waals surface area (Å²) in [6.07, 6.45) is 0. The average Bonchev–Trinajstić information content (AvgIpc) is 2.73. The highest BCUT2D eigenvalue weighted by Crippen LogP contribution is 2.34. The van der Waals surface area contributed by atoms with Crippen LogP contribution in [0.1, 0.15) is 17.3 Å². The van der Waals surface area contributed by atoms with Gasteiger partial charge in [0.15, 0.2) is 11.7 Å². The Kier molecular flexibility index (Phi) is 8.00. The maximum absolute atomic E-state index is 12.2. The molecule has 0 radical (unpaired) electrons. The standard InChI is InChI=1S/C22H18Br2N2O4S/c1-2-29-21(28)13-3-7-16(8-4-13)25-22(31)26-19(27)12-30-18-10-5-14-11-15(23)6-9-17(14)20(18)24/h3-11H,2,12H2,1H3,(H2,25,26,27,31). The first kappa shape index (κ1) is 23.2. The van der Waals surface area contributed by atoms with Crippen molar-refractivity contribution in [1.29, 1.82) is 0 Å². The van der Waals surface area contributed by atoms with Crippen molar-refractivity contribution >= 4 is 77.5 Å². The van der Waals surface area contributed by atoms with Gasteiger partial charge in [0.25, 0.3) is 5.91 Å². The number of hydrogen-bond acceptors (Lipinski definition) is 5. The SMILES string of the molecule is CCOC(=O)c1ccc(NC(=S)NC(=O)COc2ccc3cc(Br)ccc3c2Br)cc1. The number of benzene rings is 3. The minimum absolute atomic E-state index is 0.125. The van der Waals surface area contributed by atoms with E-state index in [0.29, 0.717) is 23.6 Å². The lowest BCUT2D eigenvalue weighted by Gasteiger charge is -2.12. The van der Waals surface area contributed by atoms with Gasteiger partial charge in [-0.2, -0.15) is 0 Å². The van der Waals surface area contributed by atoms with Crippen molar-refractivity contribution in [2.75, 3.05) is 18.5 Å². The van der Waals surface area contributed by atoms with Gasteiger partial charge in [-0.3, -0.25) is 10.1 Å². The van der Waals surface area contributed by atoms with Crippen LogP contribution in [0.15, 0.2) is 63.5 Å². The largest absolute Gasteiger partial charge is 0.483 e. The third-order valence-electron chi connectivity index (χ3n) is 4.15. The molecule has 0 spiro atoms. The van der Waals surface area contributed by atoms with E-state index in [1.165, 1.54) is 0 Å². The molecule has 9 heteroatoms. The number of anilines is 1. The number of esters is 1. The Labute approximate surface area is 201 Å². The van der Waals surface area contributed by atoms with Gasteiger partial charge in [-0.15, -0.1) is 0 Å². The third-order valence-corrected chi connectivity index (χ3v) is 5.66. The van der Waals surface area contributed by atoms with Gasteiger partial charge in [0.2, 0.25) is 0 Å². The molecule has 0 aliphatic heterocycles. The monoisotopic (exact) mass is 564 g/mol. The second-order valence-corrected chi connectivity index (χ2v) is 8.45. The average molecular weight is 566 g/mol. The Balaban J connectivity index is 1.53. The molecule has 3 rings (SSSR count). The van der Waals surface area contributed by atoms with Gasteiger partial charge in [0.05, 0.1) is 16.6 Å². The quantitative estimate of drug-likeness (QED) is 0.306. The van der Waals surface area contributed by atoms with Gasteiger partial charge in [0.1, 0.15) is 5.75 Å². The third kappa shape index (κ3) is 6.25. The Bertz CT molecular complexity index is 1140. The second-order valence-electron chi connectivity index (χ2n) is 6.33. The minimum atomic E-state index is -0.400. The van der Waals surface area contributed by atoms with Gasteiger partial charge < -0.3 is 14.8 Å². The Morgan fingerprint density at radius 1 is 1.03 bits per heavy atom. The lowest BCUT2D eigenvalue weighted by molar-refractivity contribution is -0.121. The van der Waals surface area contributed by atoms with Crippen LogP contribution in [-0.4, -0.2) is 30.2 Å². The molecular formula is C22H18Br2N2O4S. The fourth-order valence-corrected chi connectivity index (χ4v) is 3.94. The molecule has 0 aliphatic rings. The Morgan fingerprint density at radius 3 is 2.48 bits per heavy atom. The van der Waals surface area contributed by atoms with E-state index in [9.17, 15) is 9.59 Å². The van der Waals surface area contributed by atoms with Gasteiger partial charge in [0, 0.05) is 10.2 Å². The highest BCUT2D eigenvalue weighted by Gasteiger charge is 2.11. The summed E-state index contributed by atoms with van der Waals surface area (Å²) in [7, 11) is 0. The van der Waals surface area contributed by atoms with Crippen LogP contribution in [0.2, 0.25) is 0 Å². The fraction of sp³-hybridized carbons (Fsp3) is 0.136. The van der Waals surface area contributed by atoms with Crippen LogP contribution < -0.4 is 15.4 Å². The van der Waals surface area contributed by atoms with Crippen LogP contribution in [0.5, 0.6) is 5.75 Å². The number of ether oxygens (including phenoxy) is 2. The van der Waals surface area contributed by atoms with Gasteiger partial charge in [-0.1, -0.05) is 28.1 Å². The molecule has 0 aliphatic carbocycles. The molecule has 3 aromatic carbocycles. The molecular weight excluding hydrogens is 548 g/mol. The molecule has 0 saturated heterocycles. The lowest BCUT2D eigenvalue weighted by Crippen LogP contribution is -2.37. The van der Waals surface area contributed by atoms with E-state index in [2.05, 4.69) is 42.5 Å². The van der Waals surface area contributed by atoms with Crippen LogP contribution in [-0.2, 0) is 9.53 Å². The predicted molar refractivity (Wildman–Crippen MR) is 132 cm³/mol. The number of carbonyl (C=O) groups is 2. The Hall–Kier alpha value is -2.49. The number of halogens is 2. The molecule has 6 nitrogen and oxygen atoms in total. The molecule has 1 amide bonds. The van der Waals surface area contributed by atoms with Crippen LogP contribution in [0.25, 0.3) is 10.8 Å². The summed E-state index contributed by atoms with van der Waals surface area (Å²) in [5.41, 5.74) is 1.06. The minimum Gasteiger partial charge on any atom is -0.483 e. The zero-order chi connectivity index (χ0) is 22.4. The fourth-order valence-electron chi connectivity index (χ4n) is 2.73. The van der Waals surface area contributed by atoms with E-state index in [1.54, 1.807) is 37.3 Å². The first-order valence-electron chi connectivity index (χ1n) is 9.26. The molecule has 160 valence electrons. The summed E-state index contributed by atoms with van der Waals surface area (Å²) in [4.78, 5) is 23.9. The van der Waals surface area contributed by atoms with Crippen molar-refractivity contribution in [2.45, 2.75) is 6.92 Å². The molecule has 3 aromatic rings. The number of amides is 1. The summed E-state index contributed by atoms with van der Waals surface area (Å²) < 4.78 is 12.3. The van der Waals surface area contributed by atoms with Crippen molar-refractivity contribution < 1.29 is 19.1 Å². The summed E-state index contributed by atoms with van der Waals surface area (Å²) in [5.74, 6) is -0.239. The number of fused-ring (bicyclic) bond motifs is 1. The Morgan fingerprint density at radius 2 is 1.77 bits per heavy atom. The van der Waals surface area contributed by atoms with Gasteiger partial charge in [-0.05, 0) is 88.3 Å². The smallest absolute Gasteiger partial charge is 0.338 e. The molecule has 31 heavy (non-hydrogen) atoms. The predicted octanol–water partition coefficient (Wildman–Crippen LogP) is 5.43. The number of carbonyl (C=O) groups excluding carboxylic acids is 2. The summed E-state index contributed by atoms with van der Waals surface area (Å²) in [6.45, 7) is 1.85. The molecule has 0 bridgehead atoms. The lowest BCUT2D eigenvalue weighted by atomic mass is 10.1. The first-order valence-corrected chi connectivity index (χ1v) is 11.3. The molecule has 0 atom stereocenters. The normalized spacial score (nSPS) is 10.4. The molecule has 0 heterocycles. The van der Waals surface area contributed by atoms with Crippen molar-refractivity contribution in [1.82, 2.24) is 5.32 Å². The van der Waals surface area contributed by atoms with E-state index in [4.69, 9.17) is 21.7 Å². The molecule has 0 fully saturated rings. The number of rotatable bonds is 6. The van der Waals surface area contributed by atoms with Crippen molar-refractivity contribution in [3.63, 3.8) is 0 Å². The van der Waals surface area contributed by atoms with E-state index in [0.717, 1.165) is 19.7 Å². The van der Waals surface area contributed by atoms with E-state index in [-0.39, 0.29) is 11.7 Å². The number of thiocarbonyl (C=S) groups is 1. The highest BCUT2D eigenvalue weighted by molar-refractivity contribution is 9.11. The van der Waals surface area contributed by atoms with Gasteiger partial charge >= 0.3 is 5.97 Å². The van der Waals surface area contributed by atoms with Crippen LogP contribution in [0.4, 0.5) is 5.69 Å². The van der Waals surface area contributed by atoms with Crippen molar-refractivity contribution in [2.24, 2.45) is 0 Å². The second kappa shape index (κ2) is 10.7. The molecule has 0 unspecified atom stereocenters. The molecule has 0 saturated carbocycles. The molecule has 2 N–H and O–H groups in total. The van der Waals surface area contributed by atoms with Crippen molar-refractivity contribution in [3.8, 4) is 5.75 Å². The molecule has 0 aromatic heterocycles. The summed E-state index contributed by atoms with van der Waals surface area (Å²) in [6, 6.07) is 16.2. The van der Waals surface area contributed by atoms with E-state index >= 15 is 0 Å². The zero-order valence-electron chi connectivity index (χ0n) is 16.4. The number of hydrogen-bond donors (Lipinski definition) is 2. The van der Waals surface area contributed by atoms with Gasteiger partial charge in [-0.25, -0.2) is 4.79 Å². The number of nitrogens with one attached hydrogen (secondary N) is 2. The van der Waals surface area contributed by atoms with Crippen LogP contribution in [0, 0.1) is 0 Å². The van der Waals surface area contributed by atoms with Crippen molar-refractivity contribution in [3.05, 3.63) is 69.1 Å². The van der Waals surface area contributed by atoms with Crippen LogP contribution >= 0.6 is 44.1 Å². The first-order chi connectivity index (χ1) is 14.9. The summed E-state index contributed by atoms with van der Waals surface area (Å²) in [5, 5.41) is 7.59. The van der Waals surface area contributed by atoms with E-state index in [1.807, 2.05) is 24.3 Å². The van der Waals surface area contributed by atoms with Crippen LogP contribution in [0.3, 0.4) is 0 Å².